The van der Waals surface area contributed by atoms with Crippen LogP contribution < -0.4 is 0 Å². The van der Waals surface area contributed by atoms with Gasteiger partial charge in [0.05, 0.1) is 19.3 Å². The number of aliphatic hydroxyl groups is 2. The molecule has 1 aromatic rings. The van der Waals surface area contributed by atoms with E-state index < -0.39 is 24.7 Å². The molecule has 4 atom stereocenters. The summed E-state index contributed by atoms with van der Waals surface area (Å²) < 4.78 is 24.2. The Morgan fingerprint density at radius 2 is 2.06 bits per heavy atom. The number of hydrogen-bond donors (Lipinski definition) is 2. The van der Waals surface area contributed by atoms with Crippen molar-refractivity contribution in [3.05, 3.63) is 35.9 Å². The van der Waals surface area contributed by atoms with E-state index in [1.54, 1.807) is 0 Å². The molecule has 1 heterocycles. The van der Waals surface area contributed by atoms with Crippen molar-refractivity contribution < 1.29 is 24.1 Å². The maximum absolute atomic E-state index is 13.8. The summed E-state index contributed by atoms with van der Waals surface area (Å²) in [5.41, 5.74) is 0.904. The van der Waals surface area contributed by atoms with Crippen molar-refractivity contribution in [3.63, 3.8) is 0 Å². The molecule has 0 amide bonds. The van der Waals surface area contributed by atoms with E-state index in [0.717, 1.165) is 5.56 Å². The summed E-state index contributed by atoms with van der Waals surface area (Å²) in [6, 6.07) is 9.33. The van der Waals surface area contributed by atoms with Crippen LogP contribution in [0.4, 0.5) is 4.39 Å². The first-order valence-corrected chi connectivity index (χ1v) is 5.94. The molecule has 1 aromatic carbocycles. The Morgan fingerprint density at radius 1 is 1.33 bits per heavy atom. The second-order valence-electron chi connectivity index (χ2n) is 4.34. The van der Waals surface area contributed by atoms with Crippen LogP contribution in [0.25, 0.3) is 0 Å². The largest absolute Gasteiger partial charge is 0.394 e. The average molecular weight is 256 g/mol. The number of halogens is 1. The van der Waals surface area contributed by atoms with Crippen LogP contribution in [-0.4, -0.2) is 41.5 Å². The Morgan fingerprint density at radius 3 is 2.67 bits per heavy atom. The zero-order valence-corrected chi connectivity index (χ0v) is 9.91. The third kappa shape index (κ3) is 3.26. The standard InChI is InChI=1S/C13H17FO4/c14-11-6-10(7-15)18-13(16)12(11)17-8-9-4-2-1-3-5-9/h1-5,10-13,15-16H,6-8H2/t10-,11-,12+,13+/m1/s1. The van der Waals surface area contributed by atoms with Crippen molar-refractivity contribution in [3.8, 4) is 0 Å². The van der Waals surface area contributed by atoms with Crippen LogP contribution in [0, 0.1) is 0 Å². The lowest BCUT2D eigenvalue weighted by molar-refractivity contribution is -0.256. The molecule has 1 aliphatic heterocycles. The third-order valence-corrected chi connectivity index (χ3v) is 2.95. The fraction of sp³-hybridized carbons (Fsp3) is 0.538. The quantitative estimate of drug-likeness (QED) is 0.844. The van der Waals surface area contributed by atoms with E-state index in [4.69, 9.17) is 14.6 Å². The first-order valence-electron chi connectivity index (χ1n) is 5.94. The van der Waals surface area contributed by atoms with Gasteiger partial charge in [0, 0.05) is 6.42 Å². The van der Waals surface area contributed by atoms with Gasteiger partial charge in [-0.05, 0) is 5.56 Å². The molecule has 0 bridgehead atoms. The summed E-state index contributed by atoms with van der Waals surface area (Å²) in [5.74, 6) is 0. The van der Waals surface area contributed by atoms with E-state index in [1.165, 1.54) is 0 Å². The normalized spacial score (nSPS) is 32.4. The fourth-order valence-electron chi connectivity index (χ4n) is 1.97. The highest BCUT2D eigenvalue weighted by molar-refractivity contribution is 5.13. The Balaban J connectivity index is 1.89. The topological polar surface area (TPSA) is 58.9 Å². The highest BCUT2D eigenvalue weighted by Gasteiger charge is 2.38. The van der Waals surface area contributed by atoms with Gasteiger partial charge >= 0.3 is 0 Å². The molecule has 0 aliphatic carbocycles. The lowest BCUT2D eigenvalue weighted by Gasteiger charge is -2.35. The van der Waals surface area contributed by atoms with Gasteiger partial charge in [-0.2, -0.15) is 0 Å². The minimum atomic E-state index is -1.34. The highest BCUT2D eigenvalue weighted by Crippen LogP contribution is 2.24. The van der Waals surface area contributed by atoms with Gasteiger partial charge in [-0.3, -0.25) is 0 Å². The minimum Gasteiger partial charge on any atom is -0.394 e. The molecule has 0 saturated carbocycles. The van der Waals surface area contributed by atoms with Gasteiger partial charge in [-0.1, -0.05) is 30.3 Å². The predicted molar refractivity (Wildman–Crippen MR) is 62.5 cm³/mol. The summed E-state index contributed by atoms with van der Waals surface area (Å²) in [4.78, 5) is 0. The Kier molecular flexibility index (Phi) is 4.66. The van der Waals surface area contributed by atoms with Crippen molar-refractivity contribution in [1.82, 2.24) is 0 Å². The summed E-state index contributed by atoms with van der Waals surface area (Å²) in [6.07, 6.45) is -4.31. The molecule has 0 unspecified atom stereocenters. The molecule has 0 aromatic heterocycles. The molecule has 0 spiro atoms. The van der Waals surface area contributed by atoms with E-state index in [1.807, 2.05) is 30.3 Å². The molecule has 18 heavy (non-hydrogen) atoms. The van der Waals surface area contributed by atoms with E-state index in [0.29, 0.717) is 0 Å². The predicted octanol–water partition coefficient (Wildman–Crippen LogP) is 1.01. The molecule has 100 valence electrons. The molecule has 2 N–H and O–H groups in total. The molecule has 5 heteroatoms. The average Bonchev–Trinajstić information content (AvgIpc) is 2.38. The van der Waals surface area contributed by atoms with Crippen molar-refractivity contribution in [1.29, 1.82) is 0 Å². The van der Waals surface area contributed by atoms with Gasteiger partial charge in [0.1, 0.15) is 12.3 Å². The minimum absolute atomic E-state index is 0.0347. The zero-order valence-electron chi connectivity index (χ0n) is 9.91. The van der Waals surface area contributed by atoms with E-state index in [9.17, 15) is 9.50 Å². The number of rotatable bonds is 4. The Hall–Kier alpha value is -1.01. The van der Waals surface area contributed by atoms with Gasteiger partial charge in [0.2, 0.25) is 0 Å². The lowest BCUT2D eigenvalue weighted by Crippen LogP contribution is -2.48. The first-order chi connectivity index (χ1) is 8.70. The highest BCUT2D eigenvalue weighted by atomic mass is 19.1. The smallest absolute Gasteiger partial charge is 0.184 e. The molecular formula is C13H17FO4. The first kappa shape index (κ1) is 13.4. The van der Waals surface area contributed by atoms with Crippen LogP contribution in [-0.2, 0) is 16.1 Å². The molecule has 1 aliphatic rings. The summed E-state index contributed by atoms with van der Waals surface area (Å²) in [7, 11) is 0. The third-order valence-electron chi connectivity index (χ3n) is 2.95. The number of alkyl halides is 1. The number of ether oxygens (including phenoxy) is 2. The van der Waals surface area contributed by atoms with Crippen molar-refractivity contribution in [2.45, 2.75) is 37.7 Å². The monoisotopic (exact) mass is 256 g/mol. The van der Waals surface area contributed by atoms with Crippen LogP contribution in [0.3, 0.4) is 0 Å². The Labute approximate surface area is 105 Å². The number of hydrogen-bond acceptors (Lipinski definition) is 4. The Bertz CT molecular complexity index is 347. The van der Waals surface area contributed by atoms with E-state index in [-0.39, 0.29) is 19.6 Å². The van der Waals surface area contributed by atoms with Gasteiger partial charge < -0.3 is 19.7 Å². The summed E-state index contributed by atoms with van der Waals surface area (Å²) >= 11 is 0. The number of aliphatic hydroxyl groups excluding tert-OH is 2. The van der Waals surface area contributed by atoms with Crippen LogP contribution in [0.2, 0.25) is 0 Å². The molecular weight excluding hydrogens is 239 g/mol. The molecule has 1 saturated heterocycles. The fourth-order valence-corrected chi connectivity index (χ4v) is 1.97. The maximum atomic E-state index is 13.8. The number of benzene rings is 1. The molecule has 4 nitrogen and oxygen atoms in total. The van der Waals surface area contributed by atoms with E-state index >= 15 is 0 Å². The van der Waals surface area contributed by atoms with Gasteiger partial charge in [-0.25, -0.2) is 4.39 Å². The van der Waals surface area contributed by atoms with Gasteiger partial charge in [-0.15, -0.1) is 0 Å². The van der Waals surface area contributed by atoms with E-state index in [2.05, 4.69) is 0 Å². The molecule has 2 rings (SSSR count). The van der Waals surface area contributed by atoms with Crippen molar-refractivity contribution >= 4 is 0 Å². The van der Waals surface area contributed by atoms with Crippen LogP contribution in [0.15, 0.2) is 30.3 Å². The van der Waals surface area contributed by atoms with Crippen molar-refractivity contribution in [2.24, 2.45) is 0 Å². The SMILES string of the molecule is OC[C@H]1C[C@@H](F)[C@H](OCc2ccccc2)[C@@H](O)O1. The zero-order chi connectivity index (χ0) is 13.0. The second-order valence-corrected chi connectivity index (χ2v) is 4.34. The molecule has 0 radical (unpaired) electrons. The van der Waals surface area contributed by atoms with Gasteiger partial charge in [0.25, 0.3) is 0 Å². The summed E-state index contributed by atoms with van der Waals surface area (Å²) in [5, 5.41) is 18.5. The van der Waals surface area contributed by atoms with Crippen LogP contribution >= 0.6 is 0 Å². The summed E-state index contributed by atoms with van der Waals surface area (Å²) in [6.45, 7) is -0.0843. The van der Waals surface area contributed by atoms with Crippen molar-refractivity contribution in [2.75, 3.05) is 6.61 Å². The van der Waals surface area contributed by atoms with Crippen LogP contribution in [0.5, 0.6) is 0 Å². The maximum Gasteiger partial charge on any atom is 0.184 e. The van der Waals surface area contributed by atoms with Gasteiger partial charge in [0.15, 0.2) is 6.29 Å². The van der Waals surface area contributed by atoms with Crippen LogP contribution in [0.1, 0.15) is 12.0 Å². The second kappa shape index (κ2) is 6.24. The molecule has 1 fully saturated rings. The lowest BCUT2D eigenvalue weighted by atomic mass is 10.0.